The maximum atomic E-state index is 12.9. The van der Waals surface area contributed by atoms with Gasteiger partial charge in [0.1, 0.15) is 10.8 Å². The van der Waals surface area contributed by atoms with Crippen molar-refractivity contribution in [3.63, 3.8) is 0 Å². The van der Waals surface area contributed by atoms with Crippen molar-refractivity contribution in [2.75, 3.05) is 24.8 Å². The molecule has 0 saturated carbocycles. The normalized spacial score (nSPS) is 12.9. The number of allylic oxidation sites excluding steroid dienone is 1. The Morgan fingerprint density at radius 3 is 2.69 bits per heavy atom. The fourth-order valence-corrected chi connectivity index (χ4v) is 6.25. The Bertz CT molecular complexity index is 1230. The third-order valence-electron chi connectivity index (χ3n) is 5.85. The van der Waals surface area contributed by atoms with Crippen LogP contribution in [0.2, 0.25) is 0 Å². The highest BCUT2D eigenvalue weighted by Crippen LogP contribution is 2.38. The zero-order valence-corrected chi connectivity index (χ0v) is 22.2. The molecular formula is C26H30N4O4S2. The van der Waals surface area contributed by atoms with E-state index in [1.165, 1.54) is 35.1 Å². The van der Waals surface area contributed by atoms with Crippen molar-refractivity contribution in [2.45, 2.75) is 50.7 Å². The Balaban J connectivity index is 1.49. The number of aryl methyl sites for hydroxylation is 1. The Morgan fingerprint density at radius 1 is 1.19 bits per heavy atom. The topological polar surface area (TPSA) is 95.3 Å². The predicted molar refractivity (Wildman–Crippen MR) is 143 cm³/mol. The number of rotatable bonds is 10. The fourth-order valence-electron chi connectivity index (χ4n) is 4.21. The molecule has 2 aromatic heterocycles. The van der Waals surface area contributed by atoms with Crippen LogP contribution >= 0.6 is 23.1 Å². The van der Waals surface area contributed by atoms with Gasteiger partial charge in [-0.3, -0.25) is 9.36 Å². The van der Waals surface area contributed by atoms with E-state index in [2.05, 4.69) is 22.1 Å². The number of esters is 1. The Morgan fingerprint density at radius 2 is 1.97 bits per heavy atom. The summed E-state index contributed by atoms with van der Waals surface area (Å²) in [5.74, 6) is 0.998. The van der Waals surface area contributed by atoms with E-state index in [-0.39, 0.29) is 11.7 Å². The molecule has 0 aliphatic heterocycles. The van der Waals surface area contributed by atoms with Crippen LogP contribution in [0.3, 0.4) is 0 Å². The first kappa shape index (κ1) is 26.0. The monoisotopic (exact) mass is 526 g/mol. The highest BCUT2D eigenvalue weighted by Gasteiger charge is 2.26. The zero-order valence-electron chi connectivity index (χ0n) is 20.5. The summed E-state index contributed by atoms with van der Waals surface area (Å²) in [5.41, 5.74) is 2.43. The average Bonchev–Trinajstić information content (AvgIpc) is 3.35. The van der Waals surface area contributed by atoms with Crippen LogP contribution in [0.25, 0.3) is 11.4 Å². The second-order valence-electron chi connectivity index (χ2n) is 8.26. The number of carbonyl (C=O) groups is 2. The molecule has 1 aliphatic rings. The number of hydrogen-bond acceptors (Lipinski definition) is 8. The summed E-state index contributed by atoms with van der Waals surface area (Å²) in [7, 11) is 1.37. The number of fused-ring (bicyclic) bond motifs is 1. The molecule has 1 aliphatic carbocycles. The summed E-state index contributed by atoms with van der Waals surface area (Å²) in [6, 6.07) is 7.66. The van der Waals surface area contributed by atoms with E-state index in [0.29, 0.717) is 34.7 Å². The summed E-state index contributed by atoms with van der Waals surface area (Å²) >= 11 is 2.78. The molecule has 190 valence electrons. The zero-order chi connectivity index (χ0) is 25.5. The van der Waals surface area contributed by atoms with Crippen LogP contribution in [-0.2, 0) is 28.9 Å². The van der Waals surface area contributed by atoms with E-state index in [1.807, 2.05) is 35.8 Å². The lowest BCUT2D eigenvalue weighted by Crippen LogP contribution is -2.16. The minimum atomic E-state index is -0.400. The summed E-state index contributed by atoms with van der Waals surface area (Å²) in [5, 5.41) is 12.8. The van der Waals surface area contributed by atoms with Gasteiger partial charge in [-0.2, -0.15) is 0 Å². The van der Waals surface area contributed by atoms with Crippen molar-refractivity contribution in [3.05, 3.63) is 52.9 Å². The maximum absolute atomic E-state index is 12.9. The lowest BCUT2D eigenvalue weighted by Gasteiger charge is -2.09. The molecule has 3 aromatic rings. The number of nitrogens with one attached hydrogen (secondary N) is 1. The van der Waals surface area contributed by atoms with Crippen LogP contribution in [0.4, 0.5) is 5.00 Å². The number of anilines is 1. The van der Waals surface area contributed by atoms with Crippen LogP contribution in [-0.4, -0.2) is 46.1 Å². The van der Waals surface area contributed by atoms with Gasteiger partial charge < -0.3 is 14.8 Å². The molecule has 0 unspecified atom stereocenters. The third-order valence-corrected chi connectivity index (χ3v) is 8.02. The summed E-state index contributed by atoms with van der Waals surface area (Å²) in [4.78, 5) is 26.6. The van der Waals surface area contributed by atoms with Crippen molar-refractivity contribution >= 4 is 40.0 Å². The van der Waals surface area contributed by atoms with Crippen LogP contribution in [0.1, 0.15) is 47.0 Å². The van der Waals surface area contributed by atoms with Gasteiger partial charge in [0.25, 0.3) is 0 Å². The highest BCUT2D eigenvalue weighted by molar-refractivity contribution is 7.99. The van der Waals surface area contributed by atoms with Crippen molar-refractivity contribution in [1.29, 1.82) is 0 Å². The number of amides is 1. The van der Waals surface area contributed by atoms with E-state index in [9.17, 15) is 9.59 Å². The molecule has 0 saturated heterocycles. The van der Waals surface area contributed by atoms with Gasteiger partial charge in [0.15, 0.2) is 11.0 Å². The minimum Gasteiger partial charge on any atom is -0.494 e. The first-order chi connectivity index (χ1) is 17.5. The molecule has 0 radical (unpaired) electrons. The molecule has 1 amide bonds. The lowest BCUT2D eigenvalue weighted by molar-refractivity contribution is -0.113. The number of thioether (sulfide) groups is 1. The molecule has 0 bridgehead atoms. The van der Waals surface area contributed by atoms with Crippen LogP contribution in [0, 0.1) is 0 Å². The standard InChI is InChI=1S/C26H30N4O4S2/c1-4-15-30-23(17-11-13-18(14-12-17)34-5-2)28-29-26(30)35-16-21(31)27-24-22(25(32)33-3)19-9-7-6-8-10-20(19)36-24/h4,11-14H,1,5-10,15-16H2,2-3H3,(H,27,31). The molecule has 0 spiro atoms. The Hall–Kier alpha value is -3.11. The SMILES string of the molecule is C=CCn1c(SCC(=O)Nc2sc3c(c2C(=O)OC)CCCCC3)nnc1-c1ccc(OCC)cc1. The van der Waals surface area contributed by atoms with Crippen molar-refractivity contribution < 1.29 is 19.1 Å². The van der Waals surface area contributed by atoms with Gasteiger partial charge in [-0.25, -0.2) is 4.79 Å². The van der Waals surface area contributed by atoms with Crippen LogP contribution in [0.5, 0.6) is 5.75 Å². The molecule has 8 nitrogen and oxygen atoms in total. The number of carbonyl (C=O) groups excluding carboxylic acids is 2. The van der Waals surface area contributed by atoms with E-state index in [4.69, 9.17) is 9.47 Å². The van der Waals surface area contributed by atoms with Gasteiger partial charge in [0, 0.05) is 17.0 Å². The van der Waals surface area contributed by atoms with Gasteiger partial charge in [0.2, 0.25) is 5.91 Å². The second kappa shape index (κ2) is 12.2. The number of nitrogens with zero attached hydrogens (tertiary/aromatic N) is 3. The molecular weight excluding hydrogens is 496 g/mol. The molecule has 4 rings (SSSR count). The number of thiophene rings is 1. The van der Waals surface area contributed by atoms with E-state index in [0.717, 1.165) is 49.0 Å². The molecule has 1 N–H and O–H groups in total. The third kappa shape index (κ3) is 5.82. The maximum Gasteiger partial charge on any atom is 0.341 e. The predicted octanol–water partition coefficient (Wildman–Crippen LogP) is 5.38. The lowest BCUT2D eigenvalue weighted by atomic mass is 10.1. The number of aromatic nitrogens is 3. The number of methoxy groups -OCH3 is 1. The molecule has 2 heterocycles. The summed E-state index contributed by atoms with van der Waals surface area (Å²) in [6.07, 6.45) is 6.80. The molecule has 0 fully saturated rings. The fraction of sp³-hybridized carbons (Fsp3) is 0.385. The molecule has 0 atom stereocenters. The first-order valence-electron chi connectivity index (χ1n) is 12.0. The van der Waals surface area contributed by atoms with Gasteiger partial charge in [0.05, 0.1) is 25.0 Å². The van der Waals surface area contributed by atoms with Gasteiger partial charge in [-0.1, -0.05) is 24.3 Å². The average molecular weight is 527 g/mol. The Labute approximate surface area is 219 Å². The first-order valence-corrected chi connectivity index (χ1v) is 13.8. The highest BCUT2D eigenvalue weighted by atomic mass is 32.2. The molecule has 1 aromatic carbocycles. The van der Waals surface area contributed by atoms with E-state index < -0.39 is 5.97 Å². The van der Waals surface area contributed by atoms with Crippen LogP contribution in [0.15, 0.2) is 42.1 Å². The molecule has 10 heteroatoms. The van der Waals surface area contributed by atoms with Crippen molar-refractivity contribution in [2.24, 2.45) is 0 Å². The van der Waals surface area contributed by atoms with Crippen molar-refractivity contribution in [3.8, 4) is 17.1 Å². The molecule has 36 heavy (non-hydrogen) atoms. The Kier molecular flexibility index (Phi) is 8.82. The number of ether oxygens (including phenoxy) is 2. The quantitative estimate of drug-likeness (QED) is 0.164. The minimum absolute atomic E-state index is 0.127. The van der Waals surface area contributed by atoms with Gasteiger partial charge >= 0.3 is 5.97 Å². The second-order valence-corrected chi connectivity index (χ2v) is 10.3. The number of hydrogen-bond donors (Lipinski definition) is 1. The van der Waals surface area contributed by atoms with E-state index in [1.54, 1.807) is 6.08 Å². The summed E-state index contributed by atoms with van der Waals surface area (Å²) in [6.45, 7) is 6.89. The largest absolute Gasteiger partial charge is 0.494 e. The smallest absolute Gasteiger partial charge is 0.341 e. The van der Waals surface area contributed by atoms with Crippen LogP contribution < -0.4 is 10.1 Å². The van der Waals surface area contributed by atoms with Crippen molar-refractivity contribution in [1.82, 2.24) is 14.8 Å². The van der Waals surface area contributed by atoms with E-state index >= 15 is 0 Å². The van der Waals surface area contributed by atoms with Gasteiger partial charge in [-0.15, -0.1) is 28.1 Å². The number of benzene rings is 1. The summed E-state index contributed by atoms with van der Waals surface area (Å²) < 4.78 is 12.5. The van der Waals surface area contributed by atoms with Gasteiger partial charge in [-0.05, 0) is 62.4 Å².